The number of benzene rings is 2. The monoisotopic (exact) mass is 350 g/mol. The van der Waals surface area contributed by atoms with E-state index in [-0.39, 0.29) is 5.92 Å². The first kappa shape index (κ1) is 17.7. The maximum Gasteiger partial charge on any atom is 0.318 e. The minimum atomic E-state index is -0.847. The fourth-order valence-corrected chi connectivity index (χ4v) is 3.09. The topological polar surface area (TPSA) is 100 Å². The van der Waals surface area contributed by atoms with E-state index in [1.165, 1.54) is 0 Å². The van der Waals surface area contributed by atoms with E-state index in [1.54, 1.807) is 6.92 Å². The molecule has 3 rings (SSSR count). The van der Waals surface area contributed by atoms with Gasteiger partial charge in [-0.15, -0.1) is 0 Å². The van der Waals surface area contributed by atoms with E-state index in [0.29, 0.717) is 6.54 Å². The molecule has 0 aliphatic rings. The van der Waals surface area contributed by atoms with Gasteiger partial charge in [-0.05, 0) is 24.1 Å². The first-order chi connectivity index (χ1) is 12.6. The van der Waals surface area contributed by atoms with Crippen LogP contribution in [0.15, 0.2) is 60.8 Å². The molecular weight excluding hydrogens is 328 g/mol. The number of carbonyl (C=O) groups is 2. The summed E-state index contributed by atoms with van der Waals surface area (Å²) in [5, 5.41) is 6.46. The molecule has 0 radical (unpaired) electrons. The van der Waals surface area contributed by atoms with Crippen molar-refractivity contribution < 1.29 is 9.59 Å². The van der Waals surface area contributed by atoms with Crippen LogP contribution in [0, 0.1) is 0 Å². The number of primary amides is 1. The zero-order valence-electron chi connectivity index (χ0n) is 14.5. The Balaban J connectivity index is 1.86. The van der Waals surface area contributed by atoms with Gasteiger partial charge in [0.25, 0.3) is 0 Å². The maximum atomic E-state index is 11.9. The van der Waals surface area contributed by atoms with Gasteiger partial charge >= 0.3 is 6.03 Å². The number of fused-ring (bicyclic) bond motifs is 1. The molecule has 5 N–H and O–H groups in total. The second kappa shape index (κ2) is 7.84. The highest BCUT2D eigenvalue weighted by atomic mass is 16.2. The first-order valence-electron chi connectivity index (χ1n) is 8.51. The number of urea groups is 1. The molecule has 0 unspecified atom stereocenters. The Morgan fingerprint density at radius 2 is 1.77 bits per heavy atom. The molecule has 2 aromatic carbocycles. The van der Waals surface area contributed by atoms with Crippen molar-refractivity contribution in [2.24, 2.45) is 5.73 Å². The molecule has 26 heavy (non-hydrogen) atoms. The first-order valence-corrected chi connectivity index (χ1v) is 8.51. The fraction of sp³-hybridized carbons (Fsp3) is 0.200. The van der Waals surface area contributed by atoms with Crippen LogP contribution in [0.3, 0.4) is 0 Å². The van der Waals surface area contributed by atoms with Crippen molar-refractivity contribution >= 4 is 22.8 Å². The number of hydrogen-bond donors (Lipinski definition) is 4. The fourth-order valence-electron chi connectivity index (χ4n) is 3.09. The van der Waals surface area contributed by atoms with Crippen LogP contribution in [-0.4, -0.2) is 29.5 Å². The molecule has 6 heteroatoms. The second-order valence-electron chi connectivity index (χ2n) is 6.24. The van der Waals surface area contributed by atoms with Crippen molar-refractivity contribution in [3.8, 4) is 0 Å². The lowest BCUT2D eigenvalue weighted by Gasteiger charge is -2.21. The molecular formula is C20H22N4O2. The van der Waals surface area contributed by atoms with E-state index in [2.05, 4.69) is 33.8 Å². The largest absolute Gasteiger partial charge is 0.361 e. The van der Waals surface area contributed by atoms with Crippen LogP contribution >= 0.6 is 0 Å². The summed E-state index contributed by atoms with van der Waals surface area (Å²) in [5.41, 5.74) is 8.39. The van der Waals surface area contributed by atoms with Crippen molar-refractivity contribution in [3.05, 3.63) is 71.9 Å². The lowest BCUT2D eigenvalue weighted by Crippen LogP contribution is -2.47. The van der Waals surface area contributed by atoms with E-state index in [4.69, 9.17) is 5.73 Å². The third-order valence-corrected chi connectivity index (χ3v) is 4.47. The number of carbonyl (C=O) groups excluding carboxylic acids is 2. The number of rotatable bonds is 6. The summed E-state index contributed by atoms with van der Waals surface area (Å²) < 4.78 is 0. The molecule has 0 spiro atoms. The van der Waals surface area contributed by atoms with Crippen LogP contribution in [-0.2, 0) is 4.79 Å². The Morgan fingerprint density at radius 3 is 2.50 bits per heavy atom. The third kappa shape index (κ3) is 3.92. The van der Waals surface area contributed by atoms with Gasteiger partial charge in [-0.3, -0.25) is 10.1 Å². The Labute approximate surface area is 151 Å². The zero-order chi connectivity index (χ0) is 18.5. The average Bonchev–Trinajstić information content (AvgIpc) is 3.06. The number of aromatic amines is 1. The Bertz CT molecular complexity index is 904. The second-order valence-corrected chi connectivity index (χ2v) is 6.24. The lowest BCUT2D eigenvalue weighted by molar-refractivity contribution is -0.121. The smallest absolute Gasteiger partial charge is 0.318 e. The maximum absolute atomic E-state index is 11.9. The molecule has 1 aromatic heterocycles. The average molecular weight is 350 g/mol. The molecule has 3 aromatic rings. The van der Waals surface area contributed by atoms with Crippen molar-refractivity contribution in [3.63, 3.8) is 0 Å². The lowest BCUT2D eigenvalue weighted by atomic mass is 9.90. The molecule has 0 aliphatic heterocycles. The molecule has 0 fully saturated rings. The number of aromatic nitrogens is 1. The number of para-hydroxylation sites is 1. The summed E-state index contributed by atoms with van der Waals surface area (Å²) in [5.74, 6) is -0.389. The standard InChI is InChI=1S/C20H22N4O2/c1-13(19(25)24-20(21)26)22-11-16(14-7-3-2-4-8-14)17-12-23-18-10-6-5-9-15(17)18/h2-10,12-13,16,22-23H,11H2,1H3,(H3,21,24,25,26)/t13-,16-/m1/s1. The van der Waals surface area contributed by atoms with Crippen LogP contribution in [0.25, 0.3) is 10.9 Å². The van der Waals surface area contributed by atoms with Crippen LogP contribution in [0.2, 0.25) is 0 Å². The van der Waals surface area contributed by atoms with Crippen molar-refractivity contribution in [1.82, 2.24) is 15.6 Å². The SMILES string of the molecule is C[C@@H](NC[C@H](c1ccccc1)c1c[nH]c2ccccc12)C(=O)NC(N)=O. The highest BCUT2D eigenvalue weighted by Gasteiger charge is 2.21. The van der Waals surface area contributed by atoms with Crippen molar-refractivity contribution in [1.29, 1.82) is 0 Å². The predicted octanol–water partition coefficient (Wildman–Crippen LogP) is 2.47. The summed E-state index contributed by atoms with van der Waals surface area (Å²) in [6.45, 7) is 2.24. The van der Waals surface area contributed by atoms with Crippen molar-refractivity contribution in [2.45, 2.75) is 18.9 Å². The van der Waals surface area contributed by atoms with E-state index < -0.39 is 18.0 Å². The molecule has 134 valence electrons. The van der Waals surface area contributed by atoms with Crippen LogP contribution in [0.1, 0.15) is 24.0 Å². The Hall–Kier alpha value is -3.12. The molecule has 3 amide bonds. The van der Waals surface area contributed by atoms with Gasteiger partial charge in [-0.25, -0.2) is 4.79 Å². The molecule has 0 saturated carbocycles. The van der Waals surface area contributed by atoms with Gasteiger partial charge < -0.3 is 16.0 Å². The molecule has 0 saturated heterocycles. The molecule has 6 nitrogen and oxygen atoms in total. The summed E-state index contributed by atoms with van der Waals surface area (Å²) in [6.07, 6.45) is 2.01. The summed E-state index contributed by atoms with van der Waals surface area (Å²) in [6, 6.07) is 16.9. The van der Waals surface area contributed by atoms with Crippen LogP contribution in [0.4, 0.5) is 4.79 Å². The predicted molar refractivity (Wildman–Crippen MR) is 102 cm³/mol. The quantitative estimate of drug-likeness (QED) is 0.549. The zero-order valence-corrected chi connectivity index (χ0v) is 14.5. The van der Waals surface area contributed by atoms with E-state index in [1.807, 2.05) is 42.6 Å². The third-order valence-electron chi connectivity index (χ3n) is 4.47. The molecule has 0 bridgehead atoms. The molecule has 1 heterocycles. The van der Waals surface area contributed by atoms with Gasteiger partial charge in [0.15, 0.2) is 0 Å². The number of hydrogen-bond acceptors (Lipinski definition) is 3. The van der Waals surface area contributed by atoms with Crippen LogP contribution < -0.4 is 16.4 Å². The van der Waals surface area contributed by atoms with E-state index in [0.717, 1.165) is 22.0 Å². The molecule has 2 atom stereocenters. The minimum absolute atomic E-state index is 0.0520. The number of amides is 3. The normalized spacial score (nSPS) is 13.3. The summed E-state index contributed by atoms with van der Waals surface area (Å²) in [7, 11) is 0. The van der Waals surface area contributed by atoms with E-state index in [9.17, 15) is 9.59 Å². The van der Waals surface area contributed by atoms with Crippen LogP contribution in [0.5, 0.6) is 0 Å². The van der Waals surface area contributed by atoms with Gasteiger partial charge in [-0.2, -0.15) is 0 Å². The molecule has 0 aliphatic carbocycles. The number of nitrogens with two attached hydrogens (primary N) is 1. The number of nitrogens with one attached hydrogen (secondary N) is 3. The summed E-state index contributed by atoms with van der Waals surface area (Å²) in [4.78, 5) is 26.1. The van der Waals surface area contributed by atoms with Gasteiger partial charge in [0, 0.05) is 29.6 Å². The summed E-state index contributed by atoms with van der Waals surface area (Å²) >= 11 is 0. The van der Waals surface area contributed by atoms with Gasteiger partial charge in [0.1, 0.15) is 0 Å². The highest BCUT2D eigenvalue weighted by molar-refractivity contribution is 5.96. The minimum Gasteiger partial charge on any atom is -0.361 e. The highest BCUT2D eigenvalue weighted by Crippen LogP contribution is 2.30. The number of imide groups is 1. The Morgan fingerprint density at radius 1 is 1.08 bits per heavy atom. The van der Waals surface area contributed by atoms with E-state index >= 15 is 0 Å². The van der Waals surface area contributed by atoms with Gasteiger partial charge in [-0.1, -0.05) is 48.5 Å². The van der Waals surface area contributed by atoms with Gasteiger partial charge in [0.2, 0.25) is 5.91 Å². The number of H-pyrrole nitrogens is 1. The Kier molecular flexibility index (Phi) is 5.34. The van der Waals surface area contributed by atoms with Crippen molar-refractivity contribution in [2.75, 3.05) is 6.54 Å². The van der Waals surface area contributed by atoms with Gasteiger partial charge in [0.05, 0.1) is 6.04 Å².